The Kier molecular flexibility index (Phi) is 5.42. The van der Waals surface area contributed by atoms with Crippen LogP contribution in [0.5, 0.6) is 0 Å². The van der Waals surface area contributed by atoms with Crippen LogP contribution < -0.4 is 10.6 Å². The van der Waals surface area contributed by atoms with E-state index in [-0.39, 0.29) is 11.9 Å². The molecule has 2 atom stereocenters. The molecular formula is C15H23ClN4O. The van der Waals surface area contributed by atoms with Crippen molar-refractivity contribution < 1.29 is 4.79 Å². The fourth-order valence-corrected chi connectivity index (χ4v) is 2.76. The molecule has 2 heterocycles. The van der Waals surface area contributed by atoms with Crippen molar-refractivity contribution in [2.45, 2.75) is 38.8 Å². The monoisotopic (exact) mass is 310 g/mol. The van der Waals surface area contributed by atoms with Crippen molar-refractivity contribution in [3.05, 3.63) is 22.8 Å². The van der Waals surface area contributed by atoms with Crippen LogP contribution in [0.2, 0.25) is 5.02 Å². The van der Waals surface area contributed by atoms with Crippen LogP contribution in [0.3, 0.4) is 0 Å². The van der Waals surface area contributed by atoms with E-state index in [4.69, 9.17) is 11.6 Å². The second-order valence-electron chi connectivity index (χ2n) is 5.60. The molecule has 0 radical (unpaired) electrons. The third-order valence-corrected chi connectivity index (χ3v) is 4.30. The van der Waals surface area contributed by atoms with Crippen molar-refractivity contribution in [2.75, 3.05) is 25.5 Å². The van der Waals surface area contributed by atoms with Gasteiger partial charge in [0.15, 0.2) is 0 Å². The van der Waals surface area contributed by atoms with Gasteiger partial charge in [-0.2, -0.15) is 0 Å². The summed E-state index contributed by atoms with van der Waals surface area (Å²) in [5.41, 5.74) is 0.481. The van der Waals surface area contributed by atoms with Crippen molar-refractivity contribution in [2.24, 2.45) is 0 Å². The van der Waals surface area contributed by atoms with Crippen molar-refractivity contribution in [1.29, 1.82) is 0 Å². The number of halogens is 1. The number of likely N-dealkylation sites (tertiary alicyclic amines) is 1. The topological polar surface area (TPSA) is 57.3 Å². The van der Waals surface area contributed by atoms with Gasteiger partial charge in [0, 0.05) is 31.4 Å². The quantitative estimate of drug-likeness (QED) is 0.896. The minimum Gasteiger partial charge on any atom is -0.370 e. The molecule has 0 bridgehead atoms. The maximum atomic E-state index is 12.4. The Morgan fingerprint density at radius 3 is 3.00 bits per heavy atom. The fourth-order valence-electron chi connectivity index (χ4n) is 2.57. The molecule has 21 heavy (non-hydrogen) atoms. The molecule has 0 saturated carbocycles. The first-order chi connectivity index (χ1) is 10.0. The van der Waals surface area contributed by atoms with Crippen LogP contribution >= 0.6 is 11.6 Å². The van der Waals surface area contributed by atoms with Gasteiger partial charge in [0.2, 0.25) is 0 Å². The molecule has 2 rings (SSSR count). The number of hydrogen-bond donors (Lipinski definition) is 2. The normalized spacial score (nSPS) is 22.9. The number of piperidine rings is 1. The highest BCUT2D eigenvalue weighted by Crippen LogP contribution is 2.20. The zero-order valence-corrected chi connectivity index (χ0v) is 13.6. The number of aromatic nitrogens is 1. The van der Waals surface area contributed by atoms with Gasteiger partial charge in [-0.3, -0.25) is 4.79 Å². The molecule has 0 spiro atoms. The van der Waals surface area contributed by atoms with Gasteiger partial charge in [0.25, 0.3) is 5.91 Å². The lowest BCUT2D eigenvalue weighted by Crippen LogP contribution is -2.47. The highest BCUT2D eigenvalue weighted by Gasteiger charge is 2.25. The third-order valence-electron chi connectivity index (χ3n) is 4.00. The van der Waals surface area contributed by atoms with Crippen LogP contribution in [-0.2, 0) is 0 Å². The van der Waals surface area contributed by atoms with Gasteiger partial charge < -0.3 is 15.5 Å². The van der Waals surface area contributed by atoms with E-state index in [9.17, 15) is 4.79 Å². The van der Waals surface area contributed by atoms with Crippen molar-refractivity contribution in [3.63, 3.8) is 0 Å². The van der Waals surface area contributed by atoms with Gasteiger partial charge in [-0.25, -0.2) is 4.98 Å². The molecule has 5 nitrogen and oxygen atoms in total. The zero-order chi connectivity index (χ0) is 15.4. The summed E-state index contributed by atoms with van der Waals surface area (Å²) in [7, 11) is 2.12. The SMILES string of the molecule is CCNc1cc(C(=O)NC2CCN(C)C(C)C2)c(Cl)cn1. The van der Waals surface area contributed by atoms with E-state index in [1.165, 1.54) is 6.20 Å². The van der Waals surface area contributed by atoms with Crippen molar-refractivity contribution in [3.8, 4) is 0 Å². The maximum Gasteiger partial charge on any atom is 0.253 e. The van der Waals surface area contributed by atoms with E-state index in [0.717, 1.165) is 25.9 Å². The van der Waals surface area contributed by atoms with E-state index in [0.29, 0.717) is 22.4 Å². The Labute approximate surface area is 131 Å². The molecule has 6 heteroatoms. The van der Waals surface area contributed by atoms with Crippen LogP contribution in [0.15, 0.2) is 12.3 Å². The van der Waals surface area contributed by atoms with Gasteiger partial charge in [-0.05, 0) is 39.8 Å². The number of nitrogens with zero attached hydrogens (tertiary/aromatic N) is 2. The molecule has 1 amide bonds. The number of carbonyl (C=O) groups is 1. The summed E-state index contributed by atoms with van der Waals surface area (Å²) < 4.78 is 0. The van der Waals surface area contributed by atoms with E-state index >= 15 is 0 Å². The summed E-state index contributed by atoms with van der Waals surface area (Å²) in [6.07, 6.45) is 3.45. The first-order valence-electron chi connectivity index (χ1n) is 7.41. The van der Waals surface area contributed by atoms with Crippen molar-refractivity contribution >= 4 is 23.3 Å². The molecule has 1 aliphatic heterocycles. The predicted molar refractivity (Wildman–Crippen MR) is 86.0 cm³/mol. The molecule has 1 fully saturated rings. The maximum absolute atomic E-state index is 12.4. The zero-order valence-electron chi connectivity index (χ0n) is 12.8. The number of rotatable bonds is 4. The Hall–Kier alpha value is -1.33. The van der Waals surface area contributed by atoms with Crippen LogP contribution in [0.4, 0.5) is 5.82 Å². The van der Waals surface area contributed by atoms with Crippen LogP contribution in [0.25, 0.3) is 0 Å². The molecule has 1 aromatic rings. The Bertz CT molecular complexity index is 508. The van der Waals surface area contributed by atoms with Crippen LogP contribution in [0.1, 0.15) is 37.0 Å². The van der Waals surface area contributed by atoms with E-state index in [1.54, 1.807) is 6.07 Å². The first kappa shape index (κ1) is 16.0. The summed E-state index contributed by atoms with van der Waals surface area (Å²) in [5, 5.41) is 6.57. The molecular weight excluding hydrogens is 288 g/mol. The number of pyridine rings is 1. The molecule has 116 valence electrons. The largest absolute Gasteiger partial charge is 0.370 e. The predicted octanol–water partition coefficient (Wildman–Crippen LogP) is 2.38. The third kappa shape index (κ3) is 4.08. The Morgan fingerprint density at radius 2 is 2.33 bits per heavy atom. The minimum absolute atomic E-state index is 0.122. The Balaban J connectivity index is 2.04. The number of nitrogens with one attached hydrogen (secondary N) is 2. The second-order valence-corrected chi connectivity index (χ2v) is 6.01. The van der Waals surface area contributed by atoms with Gasteiger partial charge in [-0.1, -0.05) is 11.6 Å². The lowest BCUT2D eigenvalue weighted by atomic mass is 9.98. The summed E-state index contributed by atoms with van der Waals surface area (Å²) in [6.45, 7) is 5.91. The average molecular weight is 311 g/mol. The standard InChI is InChI=1S/C15H23ClN4O/c1-4-17-14-8-12(13(16)9-18-14)15(21)19-11-5-6-20(3)10(2)7-11/h8-11H,4-7H2,1-3H3,(H,17,18)(H,19,21). The molecule has 1 saturated heterocycles. The molecule has 2 unspecified atom stereocenters. The van der Waals surface area contributed by atoms with Crippen LogP contribution in [-0.4, -0.2) is 48.0 Å². The van der Waals surface area contributed by atoms with Crippen LogP contribution in [0, 0.1) is 0 Å². The molecule has 0 aliphatic carbocycles. The first-order valence-corrected chi connectivity index (χ1v) is 7.79. The summed E-state index contributed by atoms with van der Waals surface area (Å²) in [6, 6.07) is 2.39. The van der Waals surface area contributed by atoms with Crippen molar-refractivity contribution in [1.82, 2.24) is 15.2 Å². The highest BCUT2D eigenvalue weighted by atomic mass is 35.5. The second kappa shape index (κ2) is 7.09. The molecule has 1 aliphatic rings. The fraction of sp³-hybridized carbons (Fsp3) is 0.600. The van der Waals surface area contributed by atoms with Gasteiger partial charge in [0.05, 0.1) is 10.6 Å². The van der Waals surface area contributed by atoms with Gasteiger partial charge >= 0.3 is 0 Å². The van der Waals surface area contributed by atoms with E-state index in [1.807, 2.05) is 6.92 Å². The van der Waals surface area contributed by atoms with E-state index in [2.05, 4.69) is 34.5 Å². The summed E-state index contributed by atoms with van der Waals surface area (Å²) >= 11 is 6.10. The molecule has 0 aromatic carbocycles. The van der Waals surface area contributed by atoms with E-state index < -0.39 is 0 Å². The Morgan fingerprint density at radius 1 is 1.57 bits per heavy atom. The number of hydrogen-bond acceptors (Lipinski definition) is 4. The number of carbonyl (C=O) groups excluding carboxylic acids is 1. The lowest BCUT2D eigenvalue weighted by Gasteiger charge is -2.35. The van der Waals surface area contributed by atoms with Gasteiger partial charge in [0.1, 0.15) is 5.82 Å². The van der Waals surface area contributed by atoms with Gasteiger partial charge in [-0.15, -0.1) is 0 Å². The average Bonchev–Trinajstić information content (AvgIpc) is 2.45. The summed E-state index contributed by atoms with van der Waals surface area (Å²) in [4.78, 5) is 18.9. The highest BCUT2D eigenvalue weighted by molar-refractivity contribution is 6.33. The number of anilines is 1. The number of amides is 1. The summed E-state index contributed by atoms with van der Waals surface area (Å²) in [5.74, 6) is 0.548. The minimum atomic E-state index is -0.122. The smallest absolute Gasteiger partial charge is 0.253 e. The molecule has 1 aromatic heterocycles. The lowest BCUT2D eigenvalue weighted by molar-refractivity contribution is 0.0896. The molecule has 2 N–H and O–H groups in total.